The number of carbonyl (C=O) groups is 2. The number of fused-ring (bicyclic) bond motifs is 1. The summed E-state index contributed by atoms with van der Waals surface area (Å²) < 4.78 is 2.04. The molecule has 3 rings (SSSR count). The Hall–Kier alpha value is -3.15. The van der Waals surface area contributed by atoms with Crippen LogP contribution in [-0.4, -0.2) is 32.9 Å². The number of aromatic nitrogens is 2. The minimum atomic E-state index is -0.704. The average molecular weight is 478 g/mol. The first-order valence-corrected chi connectivity index (χ1v) is 12.9. The summed E-state index contributed by atoms with van der Waals surface area (Å²) in [5, 5.41) is 11.7. The molecule has 0 saturated carbocycles. The van der Waals surface area contributed by atoms with Gasteiger partial charge in [0.15, 0.2) is 0 Å². The van der Waals surface area contributed by atoms with Gasteiger partial charge in [0, 0.05) is 24.7 Å². The lowest BCUT2D eigenvalue weighted by atomic mass is 10.0. The molecule has 2 heterocycles. The number of hydrogen-bond donors (Lipinski definition) is 2. The number of carboxylic acids is 1. The fraction of sp³-hybridized carbons (Fsp3) is 0.483. The number of unbranched alkanes of at least 4 members (excludes halogenated alkanes) is 7. The minimum Gasteiger partial charge on any atom is -0.481 e. The molecule has 0 aliphatic rings. The Kier molecular flexibility index (Phi) is 9.88. The van der Waals surface area contributed by atoms with Crippen molar-refractivity contribution in [3.8, 4) is 11.3 Å². The Balaban J connectivity index is 1.49. The molecule has 2 N–H and O–H groups in total. The summed E-state index contributed by atoms with van der Waals surface area (Å²) >= 11 is 0. The van der Waals surface area contributed by atoms with E-state index in [1.54, 1.807) is 0 Å². The average Bonchev–Trinajstić information content (AvgIpc) is 3.16. The number of aliphatic carboxylic acids is 1. The molecule has 6 heteroatoms. The van der Waals surface area contributed by atoms with E-state index in [-0.39, 0.29) is 12.3 Å². The smallest absolute Gasteiger partial charge is 0.303 e. The normalized spacial score (nSPS) is 11.2. The van der Waals surface area contributed by atoms with Gasteiger partial charge < -0.3 is 14.8 Å². The van der Waals surface area contributed by atoms with Gasteiger partial charge in [0.25, 0.3) is 0 Å². The van der Waals surface area contributed by atoms with E-state index in [2.05, 4.69) is 50.4 Å². The first kappa shape index (κ1) is 26.5. The topological polar surface area (TPSA) is 83.7 Å². The van der Waals surface area contributed by atoms with Gasteiger partial charge in [-0.1, -0.05) is 50.7 Å². The zero-order valence-corrected chi connectivity index (χ0v) is 21.4. The predicted octanol–water partition coefficient (Wildman–Crippen LogP) is 6.18. The number of nitrogens with one attached hydrogen (secondary N) is 1. The molecule has 0 saturated heterocycles. The van der Waals surface area contributed by atoms with Crippen LogP contribution >= 0.6 is 0 Å². The Bertz CT molecular complexity index is 1150. The van der Waals surface area contributed by atoms with Gasteiger partial charge in [-0.25, -0.2) is 4.98 Å². The maximum absolute atomic E-state index is 12.8. The van der Waals surface area contributed by atoms with Gasteiger partial charge in [-0.3, -0.25) is 9.59 Å². The molecule has 0 aliphatic carbocycles. The third-order valence-electron chi connectivity index (χ3n) is 6.63. The van der Waals surface area contributed by atoms with Crippen LogP contribution in [0.1, 0.15) is 80.2 Å². The number of carboxylic acid groups (broad SMARTS) is 1. The van der Waals surface area contributed by atoms with Gasteiger partial charge in [0.05, 0.1) is 17.8 Å². The predicted molar refractivity (Wildman–Crippen MR) is 141 cm³/mol. The molecule has 0 spiro atoms. The second-order valence-electron chi connectivity index (χ2n) is 9.64. The standard InChI is InChI=1S/C29H39N3O3/c1-21-15-17-32-25(29(31-26(32)18-21)24-14-13-22(2)23(3)19-24)20-27(33)30-16-11-9-7-5-4-6-8-10-12-28(34)35/h13-15,17-19H,4-12,16,20H2,1-3H3,(H,30,33)(H,34,35). The summed E-state index contributed by atoms with van der Waals surface area (Å²) in [6.45, 7) is 6.94. The molecule has 0 aliphatic heterocycles. The van der Waals surface area contributed by atoms with E-state index in [1.807, 2.05) is 16.7 Å². The number of hydrogen-bond acceptors (Lipinski definition) is 3. The molecule has 0 unspecified atom stereocenters. The molecule has 1 amide bonds. The molecule has 188 valence electrons. The molecule has 1 aromatic carbocycles. The largest absolute Gasteiger partial charge is 0.481 e. The summed E-state index contributed by atoms with van der Waals surface area (Å²) in [6.07, 6.45) is 11.0. The monoisotopic (exact) mass is 477 g/mol. The number of amides is 1. The molecule has 0 radical (unpaired) electrons. The van der Waals surface area contributed by atoms with Crippen molar-refractivity contribution < 1.29 is 14.7 Å². The zero-order valence-electron chi connectivity index (χ0n) is 21.4. The third-order valence-corrected chi connectivity index (χ3v) is 6.63. The summed E-state index contributed by atoms with van der Waals surface area (Å²) in [7, 11) is 0. The second kappa shape index (κ2) is 13.1. The summed E-state index contributed by atoms with van der Waals surface area (Å²) in [4.78, 5) is 28.2. The number of imidazole rings is 1. The summed E-state index contributed by atoms with van der Waals surface area (Å²) in [5.74, 6) is -0.680. The molecule has 0 atom stereocenters. The van der Waals surface area contributed by atoms with Gasteiger partial charge in [0.1, 0.15) is 5.65 Å². The number of nitrogens with zero attached hydrogens (tertiary/aromatic N) is 2. The van der Waals surface area contributed by atoms with Crippen molar-refractivity contribution in [1.82, 2.24) is 14.7 Å². The van der Waals surface area contributed by atoms with Gasteiger partial charge in [-0.15, -0.1) is 0 Å². The molecule has 35 heavy (non-hydrogen) atoms. The highest BCUT2D eigenvalue weighted by molar-refractivity contribution is 5.81. The molecule has 6 nitrogen and oxygen atoms in total. The molecular weight excluding hydrogens is 438 g/mol. The molecule has 0 bridgehead atoms. The maximum atomic E-state index is 12.8. The van der Waals surface area contributed by atoms with Crippen molar-refractivity contribution in [3.05, 3.63) is 58.9 Å². The maximum Gasteiger partial charge on any atom is 0.303 e. The van der Waals surface area contributed by atoms with Crippen molar-refractivity contribution in [1.29, 1.82) is 0 Å². The van der Waals surface area contributed by atoms with Crippen molar-refractivity contribution in [2.75, 3.05) is 6.54 Å². The van der Waals surface area contributed by atoms with Crippen LogP contribution < -0.4 is 5.32 Å². The van der Waals surface area contributed by atoms with Crippen LogP contribution in [0.2, 0.25) is 0 Å². The number of rotatable bonds is 14. The van der Waals surface area contributed by atoms with E-state index in [0.29, 0.717) is 13.0 Å². The summed E-state index contributed by atoms with van der Waals surface area (Å²) in [6, 6.07) is 10.5. The van der Waals surface area contributed by atoms with E-state index >= 15 is 0 Å². The summed E-state index contributed by atoms with van der Waals surface area (Å²) in [5.41, 5.74) is 7.30. The number of carbonyl (C=O) groups excluding carboxylic acids is 1. The third kappa shape index (κ3) is 7.94. The lowest BCUT2D eigenvalue weighted by Crippen LogP contribution is -2.26. The van der Waals surface area contributed by atoms with E-state index in [1.165, 1.54) is 17.5 Å². The number of benzene rings is 1. The van der Waals surface area contributed by atoms with Crippen LogP contribution in [0.5, 0.6) is 0 Å². The van der Waals surface area contributed by atoms with Crippen molar-refractivity contribution in [3.63, 3.8) is 0 Å². The molecule has 0 fully saturated rings. The van der Waals surface area contributed by atoms with E-state index in [9.17, 15) is 9.59 Å². The van der Waals surface area contributed by atoms with Crippen LogP contribution in [0.15, 0.2) is 36.5 Å². The van der Waals surface area contributed by atoms with Crippen LogP contribution in [0, 0.1) is 20.8 Å². The Morgan fingerprint density at radius 2 is 1.57 bits per heavy atom. The first-order chi connectivity index (χ1) is 16.8. The first-order valence-electron chi connectivity index (χ1n) is 12.9. The van der Waals surface area contributed by atoms with Crippen molar-refractivity contribution >= 4 is 17.5 Å². The van der Waals surface area contributed by atoms with Crippen LogP contribution in [0.3, 0.4) is 0 Å². The van der Waals surface area contributed by atoms with E-state index < -0.39 is 5.97 Å². The highest BCUT2D eigenvalue weighted by Crippen LogP contribution is 2.27. The Morgan fingerprint density at radius 1 is 0.886 bits per heavy atom. The van der Waals surface area contributed by atoms with Crippen LogP contribution in [0.4, 0.5) is 0 Å². The van der Waals surface area contributed by atoms with Gasteiger partial charge in [0.2, 0.25) is 5.91 Å². The van der Waals surface area contributed by atoms with Gasteiger partial charge >= 0.3 is 5.97 Å². The fourth-order valence-corrected chi connectivity index (χ4v) is 4.39. The van der Waals surface area contributed by atoms with Crippen LogP contribution in [-0.2, 0) is 16.0 Å². The lowest BCUT2D eigenvalue weighted by molar-refractivity contribution is -0.137. The van der Waals surface area contributed by atoms with E-state index in [4.69, 9.17) is 10.1 Å². The quantitative estimate of drug-likeness (QED) is 0.272. The van der Waals surface area contributed by atoms with Crippen molar-refractivity contribution in [2.24, 2.45) is 0 Å². The number of pyridine rings is 1. The Labute approximate surface area is 208 Å². The van der Waals surface area contributed by atoms with Crippen LogP contribution in [0.25, 0.3) is 16.9 Å². The van der Waals surface area contributed by atoms with Crippen molar-refractivity contribution in [2.45, 2.75) is 85.0 Å². The fourth-order valence-electron chi connectivity index (χ4n) is 4.39. The SMILES string of the molecule is Cc1ccn2c(CC(=O)NCCCCCCCCCCC(=O)O)c(-c3ccc(C)c(C)c3)nc2c1. The minimum absolute atomic E-state index is 0.0240. The molecule has 3 aromatic rings. The highest BCUT2D eigenvalue weighted by Gasteiger charge is 2.17. The van der Waals surface area contributed by atoms with Gasteiger partial charge in [-0.05, 0) is 68.5 Å². The van der Waals surface area contributed by atoms with E-state index in [0.717, 1.165) is 73.1 Å². The number of aryl methyl sites for hydroxylation is 3. The lowest BCUT2D eigenvalue weighted by Gasteiger charge is -2.09. The Morgan fingerprint density at radius 3 is 2.26 bits per heavy atom. The second-order valence-corrected chi connectivity index (χ2v) is 9.64. The molecule has 2 aromatic heterocycles. The highest BCUT2D eigenvalue weighted by atomic mass is 16.4. The van der Waals surface area contributed by atoms with Gasteiger partial charge in [-0.2, -0.15) is 0 Å². The molecular formula is C29H39N3O3. The zero-order chi connectivity index (χ0) is 25.2.